The van der Waals surface area contributed by atoms with Gasteiger partial charge in [-0.25, -0.2) is 0 Å². The van der Waals surface area contributed by atoms with E-state index in [1.807, 2.05) is 0 Å². The van der Waals surface area contributed by atoms with E-state index in [9.17, 15) is 0 Å². The Morgan fingerprint density at radius 2 is 2.10 bits per heavy atom. The SMILES string of the molecule is Cc1ccc(N(C)CC2CC3CCC2C3)c(CCN)c1. The second-order valence-corrected chi connectivity index (χ2v) is 6.99. The molecule has 0 amide bonds. The van der Waals surface area contributed by atoms with Crippen LogP contribution in [0.3, 0.4) is 0 Å². The number of hydrogen-bond acceptors (Lipinski definition) is 2. The van der Waals surface area contributed by atoms with Crippen molar-refractivity contribution in [1.29, 1.82) is 0 Å². The van der Waals surface area contributed by atoms with Crippen molar-refractivity contribution in [2.75, 3.05) is 25.0 Å². The fourth-order valence-corrected chi connectivity index (χ4v) is 4.49. The monoisotopic (exact) mass is 272 g/mol. The summed E-state index contributed by atoms with van der Waals surface area (Å²) in [6.45, 7) is 4.12. The average Bonchev–Trinajstić information content (AvgIpc) is 3.01. The zero-order valence-corrected chi connectivity index (χ0v) is 12.9. The minimum absolute atomic E-state index is 0.735. The van der Waals surface area contributed by atoms with Crippen LogP contribution in [0.15, 0.2) is 18.2 Å². The molecule has 110 valence electrons. The highest BCUT2D eigenvalue weighted by molar-refractivity contribution is 5.54. The maximum Gasteiger partial charge on any atom is 0.0396 e. The van der Waals surface area contributed by atoms with Crippen LogP contribution in [0.1, 0.15) is 36.8 Å². The van der Waals surface area contributed by atoms with Crippen LogP contribution in [-0.2, 0) is 6.42 Å². The lowest BCUT2D eigenvalue weighted by Crippen LogP contribution is -2.29. The second-order valence-electron chi connectivity index (χ2n) is 6.99. The van der Waals surface area contributed by atoms with Gasteiger partial charge in [-0.05, 0) is 68.5 Å². The van der Waals surface area contributed by atoms with E-state index in [-0.39, 0.29) is 0 Å². The van der Waals surface area contributed by atoms with Gasteiger partial charge in [0.25, 0.3) is 0 Å². The Morgan fingerprint density at radius 1 is 1.25 bits per heavy atom. The smallest absolute Gasteiger partial charge is 0.0396 e. The lowest BCUT2D eigenvalue weighted by molar-refractivity contribution is 0.337. The molecule has 1 aromatic carbocycles. The average molecular weight is 272 g/mol. The van der Waals surface area contributed by atoms with Gasteiger partial charge in [0.2, 0.25) is 0 Å². The molecule has 0 saturated heterocycles. The van der Waals surface area contributed by atoms with Crippen LogP contribution in [-0.4, -0.2) is 20.1 Å². The molecular formula is C18H28N2. The summed E-state index contributed by atoms with van der Waals surface area (Å²) in [6.07, 6.45) is 6.92. The molecule has 2 saturated carbocycles. The zero-order valence-electron chi connectivity index (χ0n) is 12.9. The summed E-state index contributed by atoms with van der Waals surface area (Å²) in [7, 11) is 2.26. The van der Waals surface area contributed by atoms with E-state index in [4.69, 9.17) is 5.73 Å². The third-order valence-electron chi connectivity index (χ3n) is 5.45. The van der Waals surface area contributed by atoms with Crippen LogP contribution in [0.2, 0.25) is 0 Å². The molecule has 0 aliphatic heterocycles. The first kappa shape index (κ1) is 13.9. The zero-order chi connectivity index (χ0) is 14.1. The Labute approximate surface area is 123 Å². The van der Waals surface area contributed by atoms with Crippen molar-refractivity contribution in [1.82, 2.24) is 0 Å². The van der Waals surface area contributed by atoms with Crippen LogP contribution >= 0.6 is 0 Å². The van der Waals surface area contributed by atoms with E-state index in [0.29, 0.717) is 0 Å². The molecule has 2 N–H and O–H groups in total. The Morgan fingerprint density at radius 3 is 2.75 bits per heavy atom. The molecule has 2 nitrogen and oxygen atoms in total. The molecule has 2 fully saturated rings. The fraction of sp³-hybridized carbons (Fsp3) is 0.667. The third kappa shape index (κ3) is 2.71. The maximum atomic E-state index is 5.77. The largest absolute Gasteiger partial charge is 0.374 e. The van der Waals surface area contributed by atoms with Gasteiger partial charge in [0, 0.05) is 19.3 Å². The molecule has 3 atom stereocenters. The first-order chi connectivity index (χ1) is 9.67. The fourth-order valence-electron chi connectivity index (χ4n) is 4.49. The number of fused-ring (bicyclic) bond motifs is 2. The van der Waals surface area contributed by atoms with Gasteiger partial charge in [-0.1, -0.05) is 24.1 Å². The van der Waals surface area contributed by atoms with E-state index in [2.05, 4.69) is 37.1 Å². The summed E-state index contributed by atoms with van der Waals surface area (Å²) >= 11 is 0. The summed E-state index contributed by atoms with van der Waals surface area (Å²) < 4.78 is 0. The van der Waals surface area contributed by atoms with Crippen LogP contribution in [0, 0.1) is 24.7 Å². The highest BCUT2D eigenvalue weighted by atomic mass is 15.1. The van der Waals surface area contributed by atoms with E-state index in [1.54, 1.807) is 0 Å². The predicted octanol–water partition coefficient (Wildman–Crippen LogP) is 3.37. The van der Waals surface area contributed by atoms with Crippen molar-refractivity contribution in [3.05, 3.63) is 29.3 Å². The molecule has 3 rings (SSSR count). The third-order valence-corrected chi connectivity index (χ3v) is 5.45. The summed E-state index contributed by atoms with van der Waals surface area (Å²) in [5.41, 5.74) is 9.92. The molecule has 3 unspecified atom stereocenters. The van der Waals surface area contributed by atoms with E-state index < -0.39 is 0 Å². The first-order valence-corrected chi connectivity index (χ1v) is 8.18. The lowest BCUT2D eigenvalue weighted by Gasteiger charge is -2.30. The molecule has 2 heteroatoms. The number of hydrogen-bond donors (Lipinski definition) is 1. The van der Waals surface area contributed by atoms with Gasteiger partial charge in [-0.2, -0.15) is 0 Å². The predicted molar refractivity (Wildman–Crippen MR) is 86.1 cm³/mol. The van der Waals surface area contributed by atoms with Crippen molar-refractivity contribution < 1.29 is 0 Å². The van der Waals surface area contributed by atoms with Crippen LogP contribution < -0.4 is 10.6 Å². The van der Waals surface area contributed by atoms with Gasteiger partial charge in [0.1, 0.15) is 0 Å². The maximum absolute atomic E-state index is 5.77. The molecule has 2 aliphatic rings. The molecule has 0 aromatic heterocycles. The van der Waals surface area contributed by atoms with E-state index in [1.165, 1.54) is 49.0 Å². The Kier molecular flexibility index (Phi) is 4.02. The number of nitrogens with two attached hydrogens (primary N) is 1. The molecule has 2 bridgehead atoms. The molecule has 2 aliphatic carbocycles. The van der Waals surface area contributed by atoms with Crippen molar-refractivity contribution in [3.63, 3.8) is 0 Å². The molecule has 20 heavy (non-hydrogen) atoms. The molecule has 0 heterocycles. The number of rotatable bonds is 5. The van der Waals surface area contributed by atoms with Gasteiger partial charge in [0.05, 0.1) is 0 Å². The summed E-state index contributed by atoms with van der Waals surface area (Å²) in [4.78, 5) is 2.48. The summed E-state index contributed by atoms with van der Waals surface area (Å²) in [5, 5.41) is 0. The first-order valence-electron chi connectivity index (χ1n) is 8.18. The normalized spacial score (nSPS) is 28.1. The van der Waals surface area contributed by atoms with Crippen LogP contribution in [0.25, 0.3) is 0 Å². The number of aryl methyl sites for hydroxylation is 1. The minimum atomic E-state index is 0.735. The van der Waals surface area contributed by atoms with Crippen LogP contribution in [0.4, 0.5) is 5.69 Å². The Hall–Kier alpha value is -1.02. The van der Waals surface area contributed by atoms with Gasteiger partial charge in [0.15, 0.2) is 0 Å². The standard InChI is InChI=1S/C18H28N2/c1-13-3-6-18(16(9-13)7-8-19)20(2)12-17-11-14-4-5-15(17)10-14/h3,6,9,14-15,17H,4-5,7-8,10-12,19H2,1-2H3. The van der Waals surface area contributed by atoms with E-state index in [0.717, 1.165) is 30.7 Å². The number of anilines is 1. The van der Waals surface area contributed by atoms with Crippen molar-refractivity contribution in [2.24, 2.45) is 23.5 Å². The highest BCUT2D eigenvalue weighted by Gasteiger charge is 2.39. The van der Waals surface area contributed by atoms with Crippen LogP contribution in [0.5, 0.6) is 0 Å². The van der Waals surface area contributed by atoms with Crippen molar-refractivity contribution >= 4 is 5.69 Å². The Bertz CT molecular complexity index is 468. The highest BCUT2D eigenvalue weighted by Crippen LogP contribution is 2.48. The van der Waals surface area contributed by atoms with Gasteiger partial charge in [-0.15, -0.1) is 0 Å². The van der Waals surface area contributed by atoms with Crippen molar-refractivity contribution in [3.8, 4) is 0 Å². The summed E-state index contributed by atoms with van der Waals surface area (Å²) in [6, 6.07) is 6.82. The number of benzene rings is 1. The van der Waals surface area contributed by atoms with Gasteiger partial charge < -0.3 is 10.6 Å². The lowest BCUT2D eigenvalue weighted by atomic mass is 9.88. The van der Waals surface area contributed by atoms with Gasteiger partial charge >= 0.3 is 0 Å². The second kappa shape index (κ2) is 5.77. The minimum Gasteiger partial charge on any atom is -0.374 e. The molecule has 0 radical (unpaired) electrons. The topological polar surface area (TPSA) is 29.3 Å². The number of nitrogens with zero attached hydrogens (tertiary/aromatic N) is 1. The molecule has 0 spiro atoms. The quantitative estimate of drug-likeness (QED) is 0.890. The summed E-state index contributed by atoms with van der Waals surface area (Å²) in [5.74, 6) is 2.97. The van der Waals surface area contributed by atoms with Crippen molar-refractivity contribution in [2.45, 2.75) is 39.0 Å². The van der Waals surface area contributed by atoms with Gasteiger partial charge in [-0.3, -0.25) is 0 Å². The molecule has 1 aromatic rings. The Balaban J connectivity index is 1.71. The van der Waals surface area contributed by atoms with E-state index >= 15 is 0 Å². The molecular weight excluding hydrogens is 244 g/mol.